The van der Waals surface area contributed by atoms with E-state index in [1.54, 1.807) is 24.4 Å². The first-order valence-corrected chi connectivity index (χ1v) is 8.36. The summed E-state index contributed by atoms with van der Waals surface area (Å²) in [5.41, 5.74) is 0.513. The molecule has 0 aromatic carbocycles. The molecule has 0 bridgehead atoms. The fourth-order valence-corrected chi connectivity index (χ4v) is 5.00. The second-order valence-corrected chi connectivity index (χ2v) is 8.03. The van der Waals surface area contributed by atoms with Crippen molar-refractivity contribution in [1.29, 1.82) is 0 Å². The Hall–Kier alpha value is -2.42. The van der Waals surface area contributed by atoms with Gasteiger partial charge in [0.2, 0.25) is 12.1 Å². The molecule has 1 N–H and O–H groups in total. The van der Waals surface area contributed by atoms with Crippen LogP contribution in [0.1, 0.15) is 19.0 Å². The van der Waals surface area contributed by atoms with Gasteiger partial charge in [0.15, 0.2) is 9.84 Å². The van der Waals surface area contributed by atoms with E-state index in [4.69, 9.17) is 9.84 Å². The summed E-state index contributed by atoms with van der Waals surface area (Å²) < 4.78 is 28.5. The van der Waals surface area contributed by atoms with Gasteiger partial charge in [-0.3, -0.25) is 14.7 Å². The third kappa shape index (κ3) is 2.19. The van der Waals surface area contributed by atoms with Crippen LogP contribution in [-0.2, 0) is 19.4 Å². The molecule has 3 rings (SSSR count). The maximum atomic E-state index is 12.7. The summed E-state index contributed by atoms with van der Waals surface area (Å²) in [6.45, 7) is 1.35. The van der Waals surface area contributed by atoms with Crippen LogP contribution in [0.15, 0.2) is 30.5 Å². The van der Waals surface area contributed by atoms with Crippen LogP contribution in [0.2, 0.25) is 0 Å². The molecule has 0 radical (unpaired) electrons. The summed E-state index contributed by atoms with van der Waals surface area (Å²) >= 11 is 0. The van der Waals surface area contributed by atoms with Crippen molar-refractivity contribution < 1.29 is 27.9 Å². The van der Waals surface area contributed by atoms with Crippen LogP contribution in [-0.4, -0.2) is 51.8 Å². The van der Waals surface area contributed by atoms with Gasteiger partial charge in [-0.1, -0.05) is 12.1 Å². The number of pyridine rings is 1. The van der Waals surface area contributed by atoms with Gasteiger partial charge in [0.05, 0.1) is 12.1 Å². The predicted molar refractivity (Wildman–Crippen MR) is 78.7 cm³/mol. The molecule has 2 fully saturated rings. The molecule has 122 valence electrons. The zero-order valence-electron chi connectivity index (χ0n) is 12.1. The number of carbonyl (C=O) groups excluding carboxylic acids is 1. The van der Waals surface area contributed by atoms with Crippen molar-refractivity contribution in [2.24, 2.45) is 0 Å². The quantitative estimate of drug-likeness (QED) is 0.642. The van der Waals surface area contributed by atoms with Gasteiger partial charge in [0, 0.05) is 6.20 Å². The van der Waals surface area contributed by atoms with Crippen molar-refractivity contribution in [3.05, 3.63) is 36.2 Å². The van der Waals surface area contributed by atoms with Gasteiger partial charge in [-0.2, -0.15) is 0 Å². The van der Waals surface area contributed by atoms with E-state index < -0.39 is 38.2 Å². The molecule has 3 atom stereocenters. The minimum Gasteiger partial charge on any atom is -0.450 e. The topological polar surface area (TPSA) is 114 Å². The normalized spacial score (nSPS) is 31.7. The van der Waals surface area contributed by atoms with Crippen molar-refractivity contribution in [2.75, 3.05) is 0 Å². The van der Waals surface area contributed by atoms with E-state index in [0.717, 1.165) is 4.90 Å². The van der Waals surface area contributed by atoms with Crippen LogP contribution in [0.3, 0.4) is 0 Å². The van der Waals surface area contributed by atoms with E-state index in [-0.39, 0.29) is 6.42 Å². The third-order valence-electron chi connectivity index (χ3n) is 4.15. The molecule has 23 heavy (non-hydrogen) atoms. The van der Waals surface area contributed by atoms with E-state index in [1.807, 2.05) is 0 Å². The standard InChI is InChI=1S/C14H14N2O6S/c1-14(6-5-9-4-2-3-7-15-9)12(22-13(18)19)16-10(17)8-11(16)23(14,20)21/h2-7,11-12H,8H2,1H3,(H,18,19)/b6-5+/t11-,12+,14+/m1/s1. The van der Waals surface area contributed by atoms with E-state index >= 15 is 0 Å². The lowest BCUT2D eigenvalue weighted by Crippen LogP contribution is -2.55. The molecule has 9 heteroatoms. The molecule has 0 saturated carbocycles. The summed E-state index contributed by atoms with van der Waals surface area (Å²) in [4.78, 5) is 27.7. The molecule has 1 aromatic heterocycles. The fraction of sp³-hybridized carbons (Fsp3) is 0.357. The molecule has 0 spiro atoms. The molecular weight excluding hydrogens is 324 g/mol. The number of aromatic nitrogens is 1. The summed E-state index contributed by atoms with van der Waals surface area (Å²) in [7, 11) is -3.82. The highest BCUT2D eigenvalue weighted by molar-refractivity contribution is 7.94. The maximum absolute atomic E-state index is 12.7. The first-order chi connectivity index (χ1) is 10.8. The highest BCUT2D eigenvalue weighted by Crippen LogP contribution is 2.47. The number of hydrogen-bond acceptors (Lipinski definition) is 6. The van der Waals surface area contributed by atoms with Crippen molar-refractivity contribution in [3.8, 4) is 0 Å². The molecule has 2 aliphatic heterocycles. The minimum absolute atomic E-state index is 0.158. The van der Waals surface area contributed by atoms with Crippen molar-refractivity contribution in [2.45, 2.75) is 29.7 Å². The van der Waals surface area contributed by atoms with E-state index in [0.29, 0.717) is 5.69 Å². The number of amides is 1. The zero-order valence-corrected chi connectivity index (χ0v) is 12.9. The SMILES string of the molecule is C[C@]1(/C=C/c2ccccn2)[C@H](OC(=O)O)N2C(=O)C[C@H]2S1(=O)=O. The second-order valence-electron chi connectivity index (χ2n) is 5.51. The smallest absolute Gasteiger partial charge is 0.450 e. The predicted octanol–water partition coefficient (Wildman–Crippen LogP) is 0.861. The highest BCUT2D eigenvalue weighted by Gasteiger charge is 2.68. The lowest BCUT2D eigenvalue weighted by atomic mass is 10.0. The Kier molecular flexibility index (Phi) is 3.40. The molecule has 0 aliphatic carbocycles. The minimum atomic E-state index is -3.82. The summed E-state index contributed by atoms with van der Waals surface area (Å²) in [5, 5.41) is 7.84. The molecule has 2 saturated heterocycles. The van der Waals surface area contributed by atoms with Crippen LogP contribution < -0.4 is 0 Å². The number of β-lactam (4-membered cyclic amide) rings is 1. The van der Waals surface area contributed by atoms with Crippen molar-refractivity contribution in [1.82, 2.24) is 9.88 Å². The molecular formula is C14H14N2O6S. The Morgan fingerprint density at radius 3 is 2.83 bits per heavy atom. The van der Waals surface area contributed by atoms with Crippen LogP contribution in [0, 0.1) is 0 Å². The Balaban J connectivity index is 2.03. The molecule has 1 aromatic rings. The number of nitrogens with zero attached hydrogens (tertiary/aromatic N) is 2. The van der Waals surface area contributed by atoms with Crippen LogP contribution in [0.25, 0.3) is 6.08 Å². The van der Waals surface area contributed by atoms with Crippen LogP contribution >= 0.6 is 0 Å². The molecule has 2 aliphatic rings. The van der Waals surface area contributed by atoms with Gasteiger partial charge in [-0.25, -0.2) is 13.2 Å². The Morgan fingerprint density at radius 2 is 2.26 bits per heavy atom. The molecule has 1 amide bonds. The largest absolute Gasteiger partial charge is 0.507 e. The summed E-state index contributed by atoms with van der Waals surface area (Å²) in [6.07, 6.45) is 1.16. The number of sulfone groups is 1. The van der Waals surface area contributed by atoms with Gasteiger partial charge in [0.25, 0.3) is 0 Å². The molecule has 0 unspecified atom stereocenters. The summed E-state index contributed by atoms with van der Waals surface area (Å²) in [6, 6.07) is 5.13. The van der Waals surface area contributed by atoms with Crippen LogP contribution in [0.5, 0.6) is 0 Å². The second kappa shape index (κ2) is 5.05. The van der Waals surface area contributed by atoms with Gasteiger partial charge < -0.3 is 9.84 Å². The third-order valence-corrected chi connectivity index (χ3v) is 6.82. The van der Waals surface area contributed by atoms with E-state index in [9.17, 15) is 18.0 Å². The lowest BCUT2D eigenvalue weighted by Gasteiger charge is -2.36. The number of fused-ring (bicyclic) bond motifs is 1. The van der Waals surface area contributed by atoms with E-state index in [1.165, 1.54) is 19.1 Å². The van der Waals surface area contributed by atoms with Gasteiger partial charge in [-0.15, -0.1) is 0 Å². The van der Waals surface area contributed by atoms with Gasteiger partial charge in [0.1, 0.15) is 10.1 Å². The number of carbonyl (C=O) groups is 2. The summed E-state index contributed by atoms with van der Waals surface area (Å²) in [5.74, 6) is -0.445. The number of carboxylic acid groups (broad SMARTS) is 1. The van der Waals surface area contributed by atoms with Crippen LogP contribution in [0.4, 0.5) is 4.79 Å². The Morgan fingerprint density at radius 1 is 1.52 bits per heavy atom. The molecule has 3 heterocycles. The first kappa shape index (κ1) is 15.5. The van der Waals surface area contributed by atoms with Gasteiger partial charge in [-0.05, 0) is 25.1 Å². The van der Waals surface area contributed by atoms with Crippen molar-refractivity contribution in [3.63, 3.8) is 0 Å². The first-order valence-electron chi connectivity index (χ1n) is 6.82. The zero-order chi connectivity index (χ0) is 16.8. The Bertz CT molecular complexity index is 791. The molecule has 8 nitrogen and oxygen atoms in total. The number of hydrogen-bond donors (Lipinski definition) is 1. The fourth-order valence-electron chi connectivity index (χ4n) is 2.82. The number of ether oxygens (including phenoxy) is 1. The monoisotopic (exact) mass is 338 g/mol. The Labute approximate surface area is 132 Å². The highest BCUT2D eigenvalue weighted by atomic mass is 32.2. The van der Waals surface area contributed by atoms with E-state index in [2.05, 4.69) is 4.98 Å². The number of rotatable bonds is 3. The maximum Gasteiger partial charge on any atom is 0.507 e. The average molecular weight is 338 g/mol. The van der Waals surface area contributed by atoms with Crippen molar-refractivity contribution >= 4 is 28.0 Å². The van der Waals surface area contributed by atoms with Gasteiger partial charge >= 0.3 is 6.16 Å². The average Bonchev–Trinajstić information content (AvgIpc) is 2.61. The lowest BCUT2D eigenvalue weighted by molar-refractivity contribution is -0.156.